The van der Waals surface area contributed by atoms with Gasteiger partial charge in [-0.1, -0.05) is 0 Å². The van der Waals surface area contributed by atoms with Crippen molar-refractivity contribution in [2.24, 2.45) is 5.73 Å². The van der Waals surface area contributed by atoms with Gasteiger partial charge in [0.2, 0.25) is 5.91 Å². The van der Waals surface area contributed by atoms with Gasteiger partial charge in [0, 0.05) is 29.3 Å². The van der Waals surface area contributed by atoms with Gasteiger partial charge in [-0.25, -0.2) is 4.79 Å². The summed E-state index contributed by atoms with van der Waals surface area (Å²) in [5.41, 5.74) is 5.26. The summed E-state index contributed by atoms with van der Waals surface area (Å²) < 4.78 is 0. The number of nitrogens with one attached hydrogen (secondary N) is 1. The zero-order valence-corrected chi connectivity index (χ0v) is 9.53. The topological polar surface area (TPSA) is 92.4 Å². The first kappa shape index (κ1) is 16.1. The molecular weight excluding hydrogens is 280 g/mol. The van der Waals surface area contributed by atoms with Crippen molar-refractivity contribution in [2.45, 2.75) is 32.2 Å². The Kier molecular flexibility index (Phi) is 10.6. The molecule has 87 valence electrons. The van der Waals surface area contributed by atoms with E-state index in [2.05, 4.69) is 5.32 Å². The van der Waals surface area contributed by atoms with Crippen molar-refractivity contribution >= 4 is 11.9 Å². The van der Waals surface area contributed by atoms with E-state index < -0.39 is 12.0 Å². The molecule has 5 nitrogen and oxygen atoms in total. The van der Waals surface area contributed by atoms with E-state index >= 15 is 0 Å². The molecule has 1 atom stereocenters. The fourth-order valence-corrected chi connectivity index (χ4v) is 0.996. The van der Waals surface area contributed by atoms with Gasteiger partial charge in [0.15, 0.2) is 0 Å². The van der Waals surface area contributed by atoms with E-state index in [1.54, 1.807) is 0 Å². The van der Waals surface area contributed by atoms with E-state index in [9.17, 15) is 9.59 Å². The molecule has 0 spiro atoms. The van der Waals surface area contributed by atoms with Crippen molar-refractivity contribution in [3.63, 3.8) is 0 Å². The first-order valence-corrected chi connectivity index (χ1v) is 4.28. The SMILES string of the molecule is CC(=O)N[C@@H](CCCCN)C(=O)O.[Ag]. The van der Waals surface area contributed by atoms with Crippen LogP contribution in [0.25, 0.3) is 0 Å². The van der Waals surface area contributed by atoms with Crippen molar-refractivity contribution in [3.8, 4) is 0 Å². The van der Waals surface area contributed by atoms with Crippen LogP contribution in [0, 0.1) is 0 Å². The van der Waals surface area contributed by atoms with Crippen LogP contribution in [0.15, 0.2) is 0 Å². The van der Waals surface area contributed by atoms with Crippen molar-refractivity contribution in [1.82, 2.24) is 5.32 Å². The van der Waals surface area contributed by atoms with E-state index in [4.69, 9.17) is 10.8 Å². The second-order valence-electron chi connectivity index (χ2n) is 2.88. The maximum absolute atomic E-state index is 10.6. The molecule has 1 amide bonds. The Morgan fingerprint density at radius 3 is 2.36 bits per heavy atom. The minimum absolute atomic E-state index is 0. The molecule has 14 heavy (non-hydrogen) atoms. The molecule has 0 aromatic heterocycles. The normalized spacial score (nSPS) is 11.3. The van der Waals surface area contributed by atoms with E-state index in [1.165, 1.54) is 6.92 Å². The third-order valence-corrected chi connectivity index (χ3v) is 1.62. The maximum Gasteiger partial charge on any atom is 0.326 e. The summed E-state index contributed by atoms with van der Waals surface area (Å²) in [6.07, 6.45) is 1.93. The molecule has 0 heterocycles. The van der Waals surface area contributed by atoms with Crippen LogP contribution >= 0.6 is 0 Å². The molecule has 6 heteroatoms. The third-order valence-electron chi connectivity index (χ3n) is 1.62. The summed E-state index contributed by atoms with van der Waals surface area (Å²) in [5, 5.41) is 11.0. The standard InChI is InChI=1S/C8H16N2O3.Ag/c1-6(11)10-7(8(12)13)4-2-3-5-9;/h7H,2-5,9H2,1H3,(H,10,11)(H,12,13);/t7-;/m0./s1. The van der Waals surface area contributed by atoms with E-state index in [0.717, 1.165) is 6.42 Å². The monoisotopic (exact) mass is 295 g/mol. The van der Waals surface area contributed by atoms with Crippen LogP contribution < -0.4 is 11.1 Å². The number of rotatable bonds is 6. The summed E-state index contributed by atoms with van der Waals surface area (Å²) in [7, 11) is 0. The molecule has 0 unspecified atom stereocenters. The number of carboxylic acid groups (broad SMARTS) is 1. The Morgan fingerprint density at radius 1 is 1.43 bits per heavy atom. The molecule has 0 saturated heterocycles. The molecule has 0 aliphatic rings. The van der Waals surface area contributed by atoms with Gasteiger partial charge in [0.1, 0.15) is 6.04 Å². The fraction of sp³-hybridized carbons (Fsp3) is 0.750. The third kappa shape index (κ3) is 8.25. The first-order chi connectivity index (χ1) is 6.07. The predicted octanol–water partition coefficient (Wildman–Crippen LogP) is -0.298. The number of unbranched alkanes of at least 4 members (excludes halogenated alkanes) is 1. The summed E-state index contributed by atoms with van der Waals surface area (Å²) >= 11 is 0. The second kappa shape index (κ2) is 9.21. The average molecular weight is 296 g/mol. The van der Waals surface area contributed by atoms with Crippen LogP contribution in [0.3, 0.4) is 0 Å². The molecular formula is C8H16AgN2O3. The summed E-state index contributed by atoms with van der Waals surface area (Å²) in [4.78, 5) is 21.2. The number of carboxylic acids is 1. The molecule has 1 radical (unpaired) electrons. The van der Waals surface area contributed by atoms with Gasteiger partial charge < -0.3 is 16.2 Å². The molecule has 0 bridgehead atoms. The first-order valence-electron chi connectivity index (χ1n) is 4.28. The fourth-order valence-electron chi connectivity index (χ4n) is 0.996. The van der Waals surface area contributed by atoms with Gasteiger partial charge in [-0.2, -0.15) is 0 Å². The van der Waals surface area contributed by atoms with Crippen molar-refractivity contribution in [2.75, 3.05) is 6.54 Å². The minimum atomic E-state index is -0.993. The molecule has 0 aliphatic carbocycles. The van der Waals surface area contributed by atoms with Crippen molar-refractivity contribution in [3.05, 3.63) is 0 Å². The number of amides is 1. The maximum atomic E-state index is 10.6. The molecule has 0 saturated carbocycles. The largest absolute Gasteiger partial charge is 0.480 e. The van der Waals surface area contributed by atoms with Gasteiger partial charge in [-0.15, -0.1) is 0 Å². The quantitative estimate of drug-likeness (QED) is 0.463. The van der Waals surface area contributed by atoms with E-state index in [-0.39, 0.29) is 28.3 Å². The number of hydrogen-bond acceptors (Lipinski definition) is 3. The second-order valence-corrected chi connectivity index (χ2v) is 2.88. The number of carbonyl (C=O) groups is 2. The predicted molar refractivity (Wildman–Crippen MR) is 48.1 cm³/mol. The van der Waals surface area contributed by atoms with Crippen LogP contribution in [0.5, 0.6) is 0 Å². The van der Waals surface area contributed by atoms with Crippen molar-refractivity contribution < 1.29 is 37.1 Å². The Morgan fingerprint density at radius 2 is 2.00 bits per heavy atom. The van der Waals surface area contributed by atoms with Crippen LogP contribution in [-0.4, -0.2) is 29.6 Å². The van der Waals surface area contributed by atoms with E-state index in [0.29, 0.717) is 19.4 Å². The molecule has 0 aliphatic heterocycles. The summed E-state index contributed by atoms with van der Waals surface area (Å²) in [6.45, 7) is 1.85. The number of carbonyl (C=O) groups excluding carboxylic acids is 1. The molecule has 0 rings (SSSR count). The zero-order chi connectivity index (χ0) is 10.3. The van der Waals surface area contributed by atoms with Gasteiger partial charge in [-0.05, 0) is 25.8 Å². The number of hydrogen-bond donors (Lipinski definition) is 3. The Hall–Kier alpha value is -0.360. The van der Waals surface area contributed by atoms with Crippen LogP contribution in [0.4, 0.5) is 0 Å². The Balaban J connectivity index is 0. The van der Waals surface area contributed by atoms with Crippen LogP contribution in [-0.2, 0) is 32.0 Å². The molecule has 0 aromatic carbocycles. The smallest absolute Gasteiger partial charge is 0.326 e. The zero-order valence-electron chi connectivity index (χ0n) is 8.05. The van der Waals surface area contributed by atoms with Crippen molar-refractivity contribution in [1.29, 1.82) is 0 Å². The minimum Gasteiger partial charge on any atom is -0.480 e. The van der Waals surface area contributed by atoms with Crippen LogP contribution in [0.1, 0.15) is 26.2 Å². The molecule has 0 fully saturated rings. The summed E-state index contributed by atoms with van der Waals surface area (Å²) in [6, 6.07) is -0.774. The van der Waals surface area contributed by atoms with Gasteiger partial charge in [0.25, 0.3) is 0 Å². The number of aliphatic carboxylic acids is 1. The van der Waals surface area contributed by atoms with Crippen LogP contribution in [0.2, 0.25) is 0 Å². The number of nitrogens with two attached hydrogens (primary N) is 1. The van der Waals surface area contributed by atoms with E-state index in [1.807, 2.05) is 0 Å². The Labute approximate surface area is 98.9 Å². The summed E-state index contributed by atoms with van der Waals surface area (Å²) in [5.74, 6) is -1.31. The molecule has 4 N–H and O–H groups in total. The van der Waals surface area contributed by atoms with Gasteiger partial charge >= 0.3 is 5.97 Å². The average Bonchev–Trinajstić information content (AvgIpc) is 2.02. The Bertz CT molecular complexity index is 187. The van der Waals surface area contributed by atoms with Gasteiger partial charge in [0.05, 0.1) is 0 Å². The molecule has 0 aromatic rings. The van der Waals surface area contributed by atoms with Gasteiger partial charge in [-0.3, -0.25) is 4.79 Å².